The average molecular weight is 291 g/mol. The second-order valence-electron chi connectivity index (χ2n) is 4.20. The summed E-state index contributed by atoms with van der Waals surface area (Å²) in [5.41, 5.74) is 0.882. The predicted octanol–water partition coefficient (Wildman–Crippen LogP) is 0.982. The van der Waals surface area contributed by atoms with Crippen molar-refractivity contribution < 1.29 is 28.6 Å². The molecule has 21 heavy (non-hydrogen) atoms. The van der Waals surface area contributed by atoms with Gasteiger partial charge in [-0.2, -0.15) is 0 Å². The summed E-state index contributed by atoms with van der Waals surface area (Å²) in [7, 11) is 0. The highest BCUT2D eigenvalue weighted by Crippen LogP contribution is 2.29. The number of benzene rings is 1. The lowest BCUT2D eigenvalue weighted by Crippen LogP contribution is -2.08. The molecule has 1 aliphatic heterocycles. The Morgan fingerprint density at radius 2 is 1.86 bits per heavy atom. The largest absolute Gasteiger partial charge is 0.440 e. The highest BCUT2D eigenvalue weighted by atomic mass is 16.6. The van der Waals surface area contributed by atoms with Gasteiger partial charge >= 0.3 is 17.9 Å². The zero-order chi connectivity index (χ0) is 15.4. The van der Waals surface area contributed by atoms with Gasteiger partial charge in [-0.1, -0.05) is 6.07 Å². The fraction of sp³-hybridized carbons (Fsp3) is 0.214. The van der Waals surface area contributed by atoms with Crippen LogP contribution in [0.25, 0.3) is 6.08 Å². The highest BCUT2D eigenvalue weighted by Gasteiger charge is 2.18. The molecule has 1 saturated heterocycles. The maximum Gasteiger partial charge on any atom is 0.356 e. The molecule has 1 aromatic carbocycles. The molecule has 0 saturated carbocycles. The molecule has 0 spiro atoms. The van der Waals surface area contributed by atoms with Crippen LogP contribution < -0.4 is 14.8 Å². The van der Waals surface area contributed by atoms with Gasteiger partial charge in [0.1, 0.15) is 5.70 Å². The Kier molecular flexibility index (Phi) is 4.22. The maximum absolute atomic E-state index is 11.3. The molecule has 0 atom stereocenters. The molecule has 0 aliphatic carbocycles. The van der Waals surface area contributed by atoms with Gasteiger partial charge in [-0.15, -0.1) is 0 Å². The van der Waals surface area contributed by atoms with Crippen molar-refractivity contribution in [2.75, 3.05) is 6.73 Å². The third-order valence-electron chi connectivity index (χ3n) is 2.47. The summed E-state index contributed by atoms with van der Waals surface area (Å²) >= 11 is 0. The Hall–Kier alpha value is -2.83. The van der Waals surface area contributed by atoms with E-state index in [2.05, 4.69) is 5.32 Å². The van der Waals surface area contributed by atoms with Gasteiger partial charge in [-0.05, 0) is 23.8 Å². The second-order valence-corrected chi connectivity index (χ2v) is 4.20. The van der Waals surface area contributed by atoms with Gasteiger partial charge in [0.05, 0.1) is 0 Å². The summed E-state index contributed by atoms with van der Waals surface area (Å²) < 4.78 is 14.7. The van der Waals surface area contributed by atoms with E-state index >= 15 is 0 Å². The van der Waals surface area contributed by atoms with Crippen LogP contribution in [0.1, 0.15) is 19.4 Å². The summed E-state index contributed by atoms with van der Waals surface area (Å²) in [6.07, 6.45) is 1.54. The number of nitrogens with one attached hydrogen (secondary N) is 1. The van der Waals surface area contributed by atoms with Crippen molar-refractivity contribution in [1.29, 1.82) is 0 Å². The molecule has 0 unspecified atom stereocenters. The number of hydrogen-bond acceptors (Lipinski definition) is 7. The van der Waals surface area contributed by atoms with Gasteiger partial charge in [0.2, 0.25) is 0 Å². The van der Waals surface area contributed by atoms with Gasteiger partial charge < -0.3 is 19.5 Å². The van der Waals surface area contributed by atoms with Gasteiger partial charge in [0.15, 0.2) is 18.2 Å². The van der Waals surface area contributed by atoms with E-state index in [1.807, 2.05) is 0 Å². The van der Waals surface area contributed by atoms with Crippen molar-refractivity contribution in [3.8, 4) is 11.5 Å². The summed E-state index contributed by atoms with van der Waals surface area (Å²) in [5.74, 6) is -1.32. The summed E-state index contributed by atoms with van der Waals surface area (Å²) in [6, 6.07) is 4.58. The number of cyclic esters (lactones) is 1. The van der Waals surface area contributed by atoms with Gasteiger partial charge in [-0.3, -0.25) is 9.59 Å². The van der Waals surface area contributed by atoms with E-state index in [1.165, 1.54) is 26.0 Å². The molecule has 0 radical (unpaired) electrons. The Labute approximate surface area is 120 Å². The molecule has 1 aromatic rings. The fourth-order valence-corrected chi connectivity index (χ4v) is 1.69. The number of rotatable bonds is 3. The van der Waals surface area contributed by atoms with Gasteiger partial charge in [-0.25, -0.2) is 4.79 Å². The zero-order valence-corrected chi connectivity index (χ0v) is 11.5. The van der Waals surface area contributed by atoms with E-state index in [9.17, 15) is 14.4 Å². The van der Waals surface area contributed by atoms with Crippen molar-refractivity contribution in [2.45, 2.75) is 13.8 Å². The number of carbonyl (C=O) groups is 3. The minimum Gasteiger partial charge on any atom is -0.440 e. The normalized spacial score (nSPS) is 15.3. The third kappa shape index (κ3) is 3.82. The van der Waals surface area contributed by atoms with Crippen molar-refractivity contribution in [3.63, 3.8) is 0 Å². The Balaban J connectivity index is 2.34. The first-order chi connectivity index (χ1) is 9.95. The Morgan fingerprint density at radius 3 is 2.43 bits per heavy atom. The standard InChI is InChI=1S/C14H13NO6/c1-8(16)20-12-4-3-10(6-13(12)21-9(2)17)5-11-14(18)19-7-15-11/h3-6,15H,7H2,1-2H3/b11-5-. The fourth-order valence-electron chi connectivity index (χ4n) is 1.69. The lowest BCUT2D eigenvalue weighted by Gasteiger charge is -2.09. The first kappa shape index (κ1) is 14.6. The Bertz CT molecular complexity index is 634. The van der Waals surface area contributed by atoms with Crippen molar-refractivity contribution in [1.82, 2.24) is 5.32 Å². The molecule has 7 nitrogen and oxygen atoms in total. The lowest BCUT2D eigenvalue weighted by molar-refractivity contribution is -0.135. The van der Waals surface area contributed by atoms with E-state index in [0.717, 1.165) is 0 Å². The van der Waals surface area contributed by atoms with E-state index in [-0.39, 0.29) is 18.2 Å². The van der Waals surface area contributed by atoms with E-state index < -0.39 is 17.9 Å². The molecular formula is C14H13NO6. The van der Waals surface area contributed by atoms with Crippen LogP contribution in [-0.2, 0) is 19.1 Å². The SMILES string of the molecule is CC(=O)Oc1ccc(/C=C2\NCOC2=O)cc1OC(C)=O. The minimum absolute atomic E-state index is 0.0958. The minimum atomic E-state index is -0.549. The highest BCUT2D eigenvalue weighted by molar-refractivity contribution is 5.94. The van der Waals surface area contributed by atoms with E-state index in [1.54, 1.807) is 12.1 Å². The van der Waals surface area contributed by atoms with Crippen molar-refractivity contribution >= 4 is 24.0 Å². The van der Waals surface area contributed by atoms with Crippen LogP contribution in [0.15, 0.2) is 23.9 Å². The quantitative estimate of drug-likeness (QED) is 0.504. The van der Waals surface area contributed by atoms with Crippen LogP contribution in [0.2, 0.25) is 0 Å². The molecule has 7 heteroatoms. The summed E-state index contributed by atoms with van der Waals surface area (Å²) in [4.78, 5) is 33.5. The maximum atomic E-state index is 11.3. The zero-order valence-electron chi connectivity index (χ0n) is 11.5. The number of esters is 3. The monoisotopic (exact) mass is 291 g/mol. The third-order valence-corrected chi connectivity index (χ3v) is 2.47. The van der Waals surface area contributed by atoms with Gasteiger partial charge in [0.25, 0.3) is 0 Å². The van der Waals surface area contributed by atoms with Crippen LogP contribution in [0.5, 0.6) is 11.5 Å². The van der Waals surface area contributed by atoms with Crippen LogP contribution in [0, 0.1) is 0 Å². The van der Waals surface area contributed by atoms with Gasteiger partial charge in [0, 0.05) is 13.8 Å². The van der Waals surface area contributed by atoms with Crippen LogP contribution >= 0.6 is 0 Å². The second kappa shape index (κ2) is 6.08. The lowest BCUT2D eigenvalue weighted by atomic mass is 10.1. The predicted molar refractivity (Wildman–Crippen MR) is 71.1 cm³/mol. The molecule has 2 rings (SSSR count). The molecule has 1 aliphatic rings. The smallest absolute Gasteiger partial charge is 0.356 e. The van der Waals surface area contributed by atoms with E-state index in [0.29, 0.717) is 11.3 Å². The molecule has 1 N–H and O–H groups in total. The number of ether oxygens (including phenoxy) is 3. The van der Waals surface area contributed by atoms with Crippen molar-refractivity contribution in [3.05, 3.63) is 29.5 Å². The molecule has 0 aromatic heterocycles. The number of hydrogen-bond donors (Lipinski definition) is 1. The summed E-state index contributed by atoms with van der Waals surface area (Å²) in [6.45, 7) is 2.59. The van der Waals surface area contributed by atoms with Crippen molar-refractivity contribution in [2.24, 2.45) is 0 Å². The first-order valence-electron chi connectivity index (χ1n) is 6.09. The molecule has 110 valence electrons. The molecule has 0 bridgehead atoms. The topological polar surface area (TPSA) is 90.9 Å². The number of carbonyl (C=O) groups excluding carboxylic acids is 3. The first-order valence-corrected chi connectivity index (χ1v) is 6.09. The van der Waals surface area contributed by atoms with Crippen LogP contribution in [0.4, 0.5) is 0 Å². The molecule has 0 amide bonds. The average Bonchev–Trinajstić information content (AvgIpc) is 2.77. The van der Waals surface area contributed by atoms with E-state index in [4.69, 9.17) is 14.2 Å². The summed E-state index contributed by atoms with van der Waals surface area (Å²) in [5, 5.41) is 2.76. The van der Waals surface area contributed by atoms with Crippen LogP contribution in [-0.4, -0.2) is 24.6 Å². The molecule has 1 fully saturated rings. The Morgan fingerprint density at radius 1 is 1.19 bits per heavy atom. The van der Waals surface area contributed by atoms with Crippen LogP contribution in [0.3, 0.4) is 0 Å². The molecular weight excluding hydrogens is 278 g/mol. The molecule has 1 heterocycles.